The molecule has 0 fully saturated rings. The Bertz CT molecular complexity index is 1040. The van der Waals surface area contributed by atoms with Crippen LogP contribution >= 0.6 is 34.8 Å². The van der Waals surface area contributed by atoms with Crippen molar-refractivity contribution in [3.63, 3.8) is 0 Å². The van der Waals surface area contributed by atoms with E-state index in [1.54, 1.807) is 12.1 Å². The lowest BCUT2D eigenvalue weighted by molar-refractivity contribution is -0.385. The molecule has 3 rings (SSSR count). The van der Waals surface area contributed by atoms with E-state index in [9.17, 15) is 18.5 Å². The number of fused-ring (bicyclic) bond motifs is 1. The molecule has 7 nitrogen and oxygen atoms in total. The summed E-state index contributed by atoms with van der Waals surface area (Å²) in [6.07, 6.45) is 2.24. The zero-order valence-electron chi connectivity index (χ0n) is 15.9. The highest BCUT2D eigenvalue weighted by Crippen LogP contribution is 2.32. The van der Waals surface area contributed by atoms with Crippen LogP contribution in [0.15, 0.2) is 35.2 Å². The minimum atomic E-state index is -3.85. The number of nitrogens with one attached hydrogen (secondary N) is 1. The molecule has 2 aromatic carbocycles. The Balaban J connectivity index is 1.49. The Hall–Kier alpha value is -1.42. The van der Waals surface area contributed by atoms with Gasteiger partial charge in [0.05, 0.1) is 15.0 Å². The van der Waals surface area contributed by atoms with E-state index >= 15 is 0 Å². The van der Waals surface area contributed by atoms with Crippen LogP contribution in [0, 0.1) is 10.1 Å². The summed E-state index contributed by atoms with van der Waals surface area (Å²) in [5, 5.41) is 11.2. The number of hydrogen-bond acceptors (Lipinski definition) is 5. The van der Waals surface area contributed by atoms with Gasteiger partial charge in [0.15, 0.2) is 0 Å². The molecule has 1 N–H and O–H groups in total. The van der Waals surface area contributed by atoms with Gasteiger partial charge < -0.3 is 0 Å². The number of benzene rings is 2. The maximum Gasteiger partial charge on any atom is 0.269 e. The highest BCUT2D eigenvalue weighted by Gasteiger charge is 2.22. The van der Waals surface area contributed by atoms with Gasteiger partial charge in [-0.2, -0.15) is 0 Å². The van der Waals surface area contributed by atoms with E-state index in [1.165, 1.54) is 12.1 Å². The van der Waals surface area contributed by atoms with Gasteiger partial charge in [0.2, 0.25) is 10.0 Å². The third-order valence-electron chi connectivity index (χ3n) is 4.92. The van der Waals surface area contributed by atoms with E-state index < -0.39 is 10.0 Å². The van der Waals surface area contributed by atoms with Crippen LogP contribution in [0.4, 0.5) is 5.69 Å². The fourth-order valence-electron chi connectivity index (χ4n) is 3.43. The highest BCUT2D eigenvalue weighted by molar-refractivity contribution is 7.89. The first-order chi connectivity index (χ1) is 14.2. The average molecular weight is 493 g/mol. The molecule has 1 aliphatic heterocycles. The second kappa shape index (κ2) is 9.80. The Morgan fingerprint density at radius 1 is 1.07 bits per heavy atom. The molecular weight excluding hydrogens is 473 g/mol. The van der Waals surface area contributed by atoms with Crippen LogP contribution in [0.3, 0.4) is 0 Å². The van der Waals surface area contributed by atoms with Crippen molar-refractivity contribution in [1.82, 2.24) is 9.62 Å². The van der Waals surface area contributed by atoms with Gasteiger partial charge in [-0.05, 0) is 49.1 Å². The number of nitrogens with zero attached hydrogens (tertiary/aromatic N) is 2. The summed E-state index contributed by atoms with van der Waals surface area (Å²) in [6.45, 7) is 2.53. The van der Waals surface area contributed by atoms with Crippen LogP contribution in [0.2, 0.25) is 15.1 Å². The number of rotatable bonds is 8. The van der Waals surface area contributed by atoms with Crippen molar-refractivity contribution in [3.05, 3.63) is 66.6 Å². The van der Waals surface area contributed by atoms with E-state index in [-0.39, 0.29) is 37.1 Å². The molecule has 0 radical (unpaired) electrons. The molecule has 0 saturated heterocycles. The van der Waals surface area contributed by atoms with E-state index in [0.717, 1.165) is 37.1 Å². The number of non-ortho nitro benzene ring substituents is 1. The predicted octanol–water partition coefficient (Wildman–Crippen LogP) is 4.67. The van der Waals surface area contributed by atoms with Gasteiger partial charge in [-0.1, -0.05) is 40.9 Å². The number of unbranched alkanes of at least 4 members (excludes halogenated alkanes) is 1. The highest BCUT2D eigenvalue weighted by atomic mass is 35.5. The summed E-state index contributed by atoms with van der Waals surface area (Å²) in [4.78, 5) is 12.6. The summed E-state index contributed by atoms with van der Waals surface area (Å²) in [6, 6.07) is 7.67. The number of hydrogen-bond donors (Lipinski definition) is 1. The summed E-state index contributed by atoms with van der Waals surface area (Å²) in [7, 11) is -3.85. The van der Waals surface area contributed by atoms with Crippen LogP contribution in [0.5, 0.6) is 0 Å². The standard InChI is InChI=1S/C19H20Cl3N3O4S/c20-15-10-17(21)19(18(22)11-15)30(28,29)23-6-1-2-7-24-8-5-13-3-4-16(25(26)27)9-14(13)12-24/h3-4,9-11,23H,1-2,5-8,12H2. The van der Waals surface area contributed by atoms with E-state index in [1.807, 2.05) is 6.07 Å². The minimum absolute atomic E-state index is 0.0268. The van der Waals surface area contributed by atoms with Gasteiger partial charge in [-0.25, -0.2) is 13.1 Å². The van der Waals surface area contributed by atoms with Crippen LogP contribution in [0.1, 0.15) is 24.0 Å². The first kappa shape index (κ1) is 23.2. The zero-order chi connectivity index (χ0) is 21.9. The SMILES string of the molecule is O=[N+]([O-])c1ccc2c(c1)CN(CCCCNS(=O)(=O)c1c(Cl)cc(Cl)cc1Cl)CC2. The molecule has 11 heteroatoms. The van der Waals surface area contributed by atoms with Gasteiger partial charge in [-0.15, -0.1) is 0 Å². The van der Waals surface area contributed by atoms with Crippen molar-refractivity contribution < 1.29 is 13.3 Å². The quantitative estimate of drug-likeness (QED) is 0.328. The lowest BCUT2D eigenvalue weighted by Crippen LogP contribution is -2.32. The number of nitro groups is 1. The van der Waals surface area contributed by atoms with Gasteiger partial charge in [0.1, 0.15) is 4.90 Å². The molecule has 0 atom stereocenters. The topological polar surface area (TPSA) is 92.6 Å². The summed E-state index contributed by atoms with van der Waals surface area (Å²) >= 11 is 17.8. The molecule has 0 bridgehead atoms. The van der Waals surface area contributed by atoms with E-state index in [4.69, 9.17) is 34.8 Å². The number of halogens is 3. The molecule has 0 amide bonds. The van der Waals surface area contributed by atoms with Crippen LogP contribution in [-0.4, -0.2) is 37.9 Å². The van der Waals surface area contributed by atoms with Gasteiger partial charge in [0, 0.05) is 36.8 Å². The van der Waals surface area contributed by atoms with Crippen molar-refractivity contribution in [2.24, 2.45) is 0 Å². The monoisotopic (exact) mass is 491 g/mol. The van der Waals surface area contributed by atoms with Gasteiger partial charge >= 0.3 is 0 Å². The lowest BCUT2D eigenvalue weighted by atomic mass is 9.99. The van der Waals surface area contributed by atoms with E-state index in [2.05, 4.69) is 9.62 Å². The third-order valence-corrected chi connectivity index (χ3v) is 7.52. The first-order valence-corrected chi connectivity index (χ1v) is 11.9. The summed E-state index contributed by atoms with van der Waals surface area (Å²) in [5.74, 6) is 0. The molecule has 30 heavy (non-hydrogen) atoms. The Morgan fingerprint density at radius 3 is 2.43 bits per heavy atom. The molecule has 0 unspecified atom stereocenters. The second-order valence-corrected chi connectivity index (χ2v) is 9.99. The van der Waals surface area contributed by atoms with Gasteiger partial charge in [0.25, 0.3) is 5.69 Å². The summed E-state index contributed by atoms with van der Waals surface area (Å²) in [5.41, 5.74) is 2.22. The zero-order valence-corrected chi connectivity index (χ0v) is 19.0. The smallest absolute Gasteiger partial charge is 0.269 e. The molecule has 1 heterocycles. The second-order valence-electron chi connectivity index (χ2n) is 7.04. The predicted molar refractivity (Wildman–Crippen MR) is 118 cm³/mol. The van der Waals surface area contributed by atoms with Crippen molar-refractivity contribution in [1.29, 1.82) is 0 Å². The van der Waals surface area contributed by atoms with Crippen molar-refractivity contribution in [2.75, 3.05) is 19.6 Å². The Labute approximate surface area is 190 Å². The van der Waals surface area contributed by atoms with E-state index in [0.29, 0.717) is 13.0 Å². The summed E-state index contributed by atoms with van der Waals surface area (Å²) < 4.78 is 27.5. The van der Waals surface area contributed by atoms with Crippen molar-refractivity contribution in [3.8, 4) is 0 Å². The molecule has 0 spiro atoms. The maximum absolute atomic E-state index is 12.5. The van der Waals surface area contributed by atoms with Gasteiger partial charge in [-0.3, -0.25) is 15.0 Å². The molecule has 1 aliphatic rings. The molecule has 0 aromatic heterocycles. The Morgan fingerprint density at radius 2 is 1.77 bits per heavy atom. The minimum Gasteiger partial charge on any atom is -0.299 e. The number of nitro benzene ring substituents is 1. The van der Waals surface area contributed by atoms with Crippen LogP contribution in [0.25, 0.3) is 0 Å². The first-order valence-electron chi connectivity index (χ1n) is 9.30. The molecular formula is C19H20Cl3N3O4S. The number of sulfonamides is 1. The molecule has 0 saturated carbocycles. The Kier molecular flexibility index (Phi) is 7.60. The molecule has 0 aliphatic carbocycles. The fourth-order valence-corrected chi connectivity index (χ4v) is 6.05. The third kappa shape index (κ3) is 5.63. The largest absolute Gasteiger partial charge is 0.299 e. The van der Waals surface area contributed by atoms with Crippen molar-refractivity contribution >= 4 is 50.5 Å². The van der Waals surface area contributed by atoms with Crippen molar-refractivity contribution in [2.45, 2.75) is 30.7 Å². The van der Waals surface area contributed by atoms with Crippen LogP contribution < -0.4 is 4.72 Å². The maximum atomic E-state index is 12.5. The van der Waals surface area contributed by atoms with Crippen LogP contribution in [-0.2, 0) is 23.0 Å². The normalized spacial score (nSPS) is 14.5. The average Bonchev–Trinajstić information content (AvgIpc) is 2.65. The molecule has 162 valence electrons. The lowest BCUT2D eigenvalue weighted by Gasteiger charge is -2.28. The molecule has 2 aromatic rings. The fraction of sp³-hybridized carbons (Fsp3) is 0.368.